The molecule has 4 nitrogen and oxygen atoms in total. The first-order valence-electron chi connectivity index (χ1n) is 5.97. The van der Waals surface area contributed by atoms with E-state index in [1.807, 2.05) is 18.3 Å². The van der Waals surface area contributed by atoms with Gasteiger partial charge in [0.25, 0.3) is 0 Å². The van der Waals surface area contributed by atoms with Gasteiger partial charge in [0.2, 0.25) is 0 Å². The first-order chi connectivity index (χ1) is 7.83. The molecule has 88 valence electrons. The second-order valence-electron chi connectivity index (χ2n) is 4.43. The maximum Gasteiger partial charge on any atom is 0.186 e. The third kappa shape index (κ3) is 2.21. The quantitative estimate of drug-likeness (QED) is 0.265. The summed E-state index contributed by atoms with van der Waals surface area (Å²) in [5, 5.41) is 11.8. The lowest BCUT2D eigenvalue weighted by Crippen LogP contribution is -2.20. The third-order valence-corrected chi connectivity index (χ3v) is 3.37. The zero-order chi connectivity index (χ0) is 11.4. The van der Waals surface area contributed by atoms with Crippen LogP contribution in [0.1, 0.15) is 50.3 Å². The summed E-state index contributed by atoms with van der Waals surface area (Å²) in [6, 6.07) is 4.37. The Morgan fingerprint density at radius 2 is 2.00 bits per heavy atom. The minimum atomic E-state index is 0.203. The molecule has 1 heterocycles. The molecule has 1 fully saturated rings. The Hall–Kier alpha value is -1.45. The van der Waals surface area contributed by atoms with Gasteiger partial charge < -0.3 is 15.5 Å². The van der Waals surface area contributed by atoms with Crippen LogP contribution in [0.4, 0.5) is 0 Å². The summed E-state index contributed by atoms with van der Waals surface area (Å²) < 4.78 is 2.15. The molecule has 1 aromatic heterocycles. The summed E-state index contributed by atoms with van der Waals surface area (Å²) in [6.07, 6.45) is 9.63. The normalized spacial score (nSPS) is 19.6. The van der Waals surface area contributed by atoms with Crippen molar-refractivity contribution in [2.24, 2.45) is 10.9 Å². The van der Waals surface area contributed by atoms with E-state index in [4.69, 9.17) is 10.9 Å². The number of hydrogen-bond acceptors (Lipinski definition) is 2. The minimum absolute atomic E-state index is 0.203. The number of hydrogen-bond donors (Lipinski definition) is 2. The zero-order valence-corrected chi connectivity index (χ0v) is 9.47. The molecule has 0 aliphatic heterocycles. The first kappa shape index (κ1) is 11.0. The third-order valence-electron chi connectivity index (χ3n) is 3.37. The van der Waals surface area contributed by atoms with Crippen molar-refractivity contribution in [1.82, 2.24) is 4.57 Å². The number of oxime groups is 1. The van der Waals surface area contributed by atoms with Crippen molar-refractivity contribution >= 4 is 5.84 Å². The highest BCUT2D eigenvalue weighted by atomic mass is 16.4. The van der Waals surface area contributed by atoms with Gasteiger partial charge in [-0.25, -0.2) is 0 Å². The van der Waals surface area contributed by atoms with Crippen molar-refractivity contribution in [3.63, 3.8) is 0 Å². The van der Waals surface area contributed by atoms with Crippen LogP contribution in [0.3, 0.4) is 0 Å². The van der Waals surface area contributed by atoms with E-state index < -0.39 is 0 Å². The van der Waals surface area contributed by atoms with Gasteiger partial charge in [-0.05, 0) is 25.0 Å². The highest BCUT2D eigenvalue weighted by Crippen LogP contribution is 2.28. The number of nitrogens with two attached hydrogens (primary N) is 1. The average molecular weight is 221 g/mol. The van der Waals surface area contributed by atoms with Crippen molar-refractivity contribution in [1.29, 1.82) is 0 Å². The highest BCUT2D eigenvalue weighted by Gasteiger charge is 2.17. The topological polar surface area (TPSA) is 63.5 Å². The molecule has 4 heteroatoms. The molecule has 16 heavy (non-hydrogen) atoms. The van der Waals surface area contributed by atoms with Gasteiger partial charge in [0, 0.05) is 12.2 Å². The van der Waals surface area contributed by atoms with Crippen LogP contribution in [0.5, 0.6) is 0 Å². The molecule has 0 saturated heterocycles. The highest BCUT2D eigenvalue weighted by molar-refractivity contribution is 5.95. The lowest BCUT2D eigenvalue weighted by atomic mass is 10.1. The van der Waals surface area contributed by atoms with Crippen molar-refractivity contribution in [2.75, 3.05) is 0 Å². The van der Waals surface area contributed by atoms with Crippen molar-refractivity contribution < 1.29 is 5.21 Å². The van der Waals surface area contributed by atoms with Crippen molar-refractivity contribution in [3.8, 4) is 0 Å². The maximum absolute atomic E-state index is 8.73. The van der Waals surface area contributed by atoms with Gasteiger partial charge >= 0.3 is 0 Å². The van der Waals surface area contributed by atoms with E-state index in [0.717, 1.165) is 5.69 Å². The SMILES string of the molecule is N/C(=N/O)c1cccn1C1CCCCCC1. The van der Waals surface area contributed by atoms with Gasteiger partial charge in [-0.15, -0.1) is 0 Å². The van der Waals surface area contributed by atoms with Gasteiger partial charge in [-0.3, -0.25) is 0 Å². The van der Waals surface area contributed by atoms with E-state index >= 15 is 0 Å². The van der Waals surface area contributed by atoms with E-state index in [1.165, 1.54) is 38.5 Å². The fourth-order valence-electron chi connectivity index (χ4n) is 2.52. The number of amidine groups is 1. The summed E-state index contributed by atoms with van der Waals surface area (Å²) in [6.45, 7) is 0. The van der Waals surface area contributed by atoms with Crippen LogP contribution in [0.25, 0.3) is 0 Å². The number of nitrogens with zero attached hydrogens (tertiary/aromatic N) is 2. The molecule has 1 aliphatic carbocycles. The summed E-state index contributed by atoms with van der Waals surface area (Å²) in [4.78, 5) is 0. The van der Waals surface area contributed by atoms with Crippen LogP contribution >= 0.6 is 0 Å². The average Bonchev–Trinajstić information content (AvgIpc) is 2.64. The predicted molar refractivity (Wildman–Crippen MR) is 63.7 cm³/mol. The lowest BCUT2D eigenvalue weighted by molar-refractivity contribution is 0.318. The monoisotopic (exact) mass is 221 g/mol. The molecule has 0 aromatic carbocycles. The van der Waals surface area contributed by atoms with Crippen LogP contribution in [-0.4, -0.2) is 15.6 Å². The van der Waals surface area contributed by atoms with E-state index in [0.29, 0.717) is 6.04 Å². The molecular formula is C12H19N3O. The largest absolute Gasteiger partial charge is 0.409 e. The molecule has 0 radical (unpaired) electrons. The summed E-state index contributed by atoms with van der Waals surface area (Å²) in [7, 11) is 0. The van der Waals surface area contributed by atoms with Gasteiger partial charge in [0.15, 0.2) is 5.84 Å². The van der Waals surface area contributed by atoms with Gasteiger partial charge in [-0.1, -0.05) is 30.8 Å². The van der Waals surface area contributed by atoms with Gasteiger partial charge in [0.05, 0.1) is 5.69 Å². The van der Waals surface area contributed by atoms with E-state index in [1.54, 1.807) is 0 Å². The lowest BCUT2D eigenvalue weighted by Gasteiger charge is -2.19. The second kappa shape index (κ2) is 5.05. The summed E-state index contributed by atoms with van der Waals surface area (Å²) >= 11 is 0. The Bertz CT molecular complexity index is 362. The predicted octanol–water partition coefficient (Wildman–Crippen LogP) is 2.48. The molecule has 0 unspecified atom stereocenters. The standard InChI is InChI=1S/C12H19N3O/c13-12(14-16)11-8-5-9-15(11)10-6-3-1-2-4-7-10/h5,8-10,16H,1-4,6-7H2,(H2,13,14). The fraction of sp³-hybridized carbons (Fsp3) is 0.583. The fourth-order valence-corrected chi connectivity index (χ4v) is 2.52. The molecule has 2 rings (SSSR count). The number of aromatic nitrogens is 1. The van der Waals surface area contributed by atoms with Gasteiger partial charge in [-0.2, -0.15) is 0 Å². The Morgan fingerprint density at radius 3 is 2.62 bits per heavy atom. The van der Waals surface area contributed by atoms with Crippen LogP contribution in [0.15, 0.2) is 23.5 Å². The smallest absolute Gasteiger partial charge is 0.186 e. The van der Waals surface area contributed by atoms with Crippen LogP contribution in [-0.2, 0) is 0 Å². The van der Waals surface area contributed by atoms with Crippen LogP contribution in [0, 0.1) is 0 Å². The molecule has 3 N–H and O–H groups in total. The van der Waals surface area contributed by atoms with Gasteiger partial charge in [0.1, 0.15) is 0 Å². The first-order valence-corrected chi connectivity index (χ1v) is 5.97. The Kier molecular flexibility index (Phi) is 3.49. The van der Waals surface area contributed by atoms with Crippen LogP contribution < -0.4 is 5.73 Å². The Balaban J connectivity index is 2.21. The summed E-state index contributed by atoms with van der Waals surface area (Å²) in [5.74, 6) is 0.203. The molecular weight excluding hydrogens is 202 g/mol. The molecule has 1 saturated carbocycles. The molecule has 0 atom stereocenters. The second-order valence-corrected chi connectivity index (χ2v) is 4.43. The Labute approximate surface area is 95.7 Å². The molecule has 0 spiro atoms. The minimum Gasteiger partial charge on any atom is -0.409 e. The van der Waals surface area contributed by atoms with E-state index in [9.17, 15) is 0 Å². The van der Waals surface area contributed by atoms with E-state index in [-0.39, 0.29) is 5.84 Å². The molecule has 0 bridgehead atoms. The van der Waals surface area contributed by atoms with Crippen molar-refractivity contribution in [2.45, 2.75) is 44.6 Å². The zero-order valence-electron chi connectivity index (χ0n) is 9.47. The number of rotatable bonds is 2. The van der Waals surface area contributed by atoms with E-state index in [2.05, 4.69) is 9.72 Å². The van der Waals surface area contributed by atoms with Crippen molar-refractivity contribution in [3.05, 3.63) is 24.0 Å². The Morgan fingerprint density at radius 1 is 1.31 bits per heavy atom. The maximum atomic E-state index is 8.73. The molecule has 1 aliphatic rings. The van der Waals surface area contributed by atoms with Crippen LogP contribution in [0.2, 0.25) is 0 Å². The summed E-state index contributed by atoms with van der Waals surface area (Å²) in [5.41, 5.74) is 6.49. The molecule has 1 aromatic rings. The molecule has 0 amide bonds.